The van der Waals surface area contributed by atoms with Crippen LogP contribution >= 0.6 is 0 Å². The maximum absolute atomic E-state index is 11.9. The van der Waals surface area contributed by atoms with Crippen molar-refractivity contribution in [2.24, 2.45) is 0 Å². The second kappa shape index (κ2) is 6.27. The van der Waals surface area contributed by atoms with Crippen molar-refractivity contribution < 1.29 is 4.79 Å². The van der Waals surface area contributed by atoms with E-state index in [0.717, 1.165) is 25.9 Å². The van der Waals surface area contributed by atoms with Gasteiger partial charge in [-0.3, -0.25) is 0 Å². The summed E-state index contributed by atoms with van der Waals surface area (Å²) < 4.78 is 0. The van der Waals surface area contributed by atoms with Crippen LogP contribution in [0.5, 0.6) is 0 Å². The van der Waals surface area contributed by atoms with Gasteiger partial charge in [0.05, 0.1) is 0 Å². The van der Waals surface area contributed by atoms with Crippen molar-refractivity contribution in [3.63, 3.8) is 0 Å². The Kier molecular flexibility index (Phi) is 4.21. The smallest absolute Gasteiger partial charge is 0.315 e. The molecule has 1 heterocycles. The molecule has 1 aliphatic carbocycles. The maximum atomic E-state index is 11.9. The van der Waals surface area contributed by atoms with E-state index in [9.17, 15) is 4.79 Å². The molecule has 1 saturated carbocycles. The van der Waals surface area contributed by atoms with Gasteiger partial charge < -0.3 is 16.0 Å². The van der Waals surface area contributed by atoms with E-state index < -0.39 is 0 Å². The molecule has 1 aromatic carbocycles. The van der Waals surface area contributed by atoms with Gasteiger partial charge >= 0.3 is 6.03 Å². The number of carbonyl (C=O) groups is 1. The molecule has 3 N–H and O–H groups in total. The SMILES string of the molecule is O=C(NCc1ccc2c(c1)CNC2)NC1CCCCC1. The zero-order chi connectivity index (χ0) is 13.8. The van der Waals surface area contributed by atoms with Gasteiger partial charge in [0.1, 0.15) is 0 Å². The van der Waals surface area contributed by atoms with Gasteiger partial charge in [-0.25, -0.2) is 4.79 Å². The fraction of sp³-hybridized carbons (Fsp3) is 0.562. The molecular weight excluding hydrogens is 250 g/mol. The summed E-state index contributed by atoms with van der Waals surface area (Å²) in [5.41, 5.74) is 3.91. The molecule has 1 aromatic rings. The summed E-state index contributed by atoms with van der Waals surface area (Å²) in [7, 11) is 0. The summed E-state index contributed by atoms with van der Waals surface area (Å²) in [4.78, 5) is 11.9. The van der Waals surface area contributed by atoms with Crippen LogP contribution in [0.3, 0.4) is 0 Å². The number of amides is 2. The summed E-state index contributed by atoms with van der Waals surface area (Å²) in [6.45, 7) is 2.51. The van der Waals surface area contributed by atoms with Crippen molar-refractivity contribution >= 4 is 6.03 Å². The molecule has 3 rings (SSSR count). The Morgan fingerprint density at radius 1 is 1.15 bits per heavy atom. The predicted molar refractivity (Wildman–Crippen MR) is 79.2 cm³/mol. The van der Waals surface area contributed by atoms with E-state index in [1.54, 1.807) is 0 Å². The minimum Gasteiger partial charge on any atom is -0.335 e. The molecule has 108 valence electrons. The van der Waals surface area contributed by atoms with Gasteiger partial charge in [-0.2, -0.15) is 0 Å². The second-order valence-corrected chi connectivity index (χ2v) is 5.87. The number of hydrogen-bond acceptors (Lipinski definition) is 2. The molecule has 0 saturated heterocycles. The van der Waals surface area contributed by atoms with Gasteiger partial charge in [-0.15, -0.1) is 0 Å². The molecular formula is C16H23N3O. The third kappa shape index (κ3) is 3.31. The van der Waals surface area contributed by atoms with Gasteiger partial charge in [0.25, 0.3) is 0 Å². The molecule has 0 spiro atoms. The lowest BCUT2D eigenvalue weighted by Crippen LogP contribution is -2.42. The molecule has 0 aromatic heterocycles. The molecule has 2 amide bonds. The lowest BCUT2D eigenvalue weighted by atomic mass is 9.96. The molecule has 1 fully saturated rings. The molecule has 4 nitrogen and oxygen atoms in total. The Hall–Kier alpha value is -1.55. The van der Waals surface area contributed by atoms with Crippen molar-refractivity contribution in [3.05, 3.63) is 34.9 Å². The van der Waals surface area contributed by atoms with Crippen LogP contribution in [0.1, 0.15) is 48.8 Å². The van der Waals surface area contributed by atoms with Crippen molar-refractivity contribution in [3.8, 4) is 0 Å². The number of rotatable bonds is 3. The van der Waals surface area contributed by atoms with Gasteiger partial charge in [0.15, 0.2) is 0 Å². The van der Waals surface area contributed by atoms with Crippen molar-refractivity contribution in [1.29, 1.82) is 0 Å². The first-order chi connectivity index (χ1) is 9.81. The van der Waals surface area contributed by atoms with Gasteiger partial charge in [0, 0.05) is 25.7 Å². The van der Waals surface area contributed by atoms with Crippen LogP contribution in [0.15, 0.2) is 18.2 Å². The van der Waals surface area contributed by atoms with Crippen molar-refractivity contribution in [1.82, 2.24) is 16.0 Å². The van der Waals surface area contributed by atoms with Crippen LogP contribution in [-0.2, 0) is 19.6 Å². The van der Waals surface area contributed by atoms with E-state index >= 15 is 0 Å². The third-order valence-electron chi connectivity index (χ3n) is 4.30. The van der Waals surface area contributed by atoms with Crippen LogP contribution in [0.25, 0.3) is 0 Å². The second-order valence-electron chi connectivity index (χ2n) is 5.87. The lowest BCUT2D eigenvalue weighted by Gasteiger charge is -2.22. The first-order valence-electron chi connectivity index (χ1n) is 7.67. The molecule has 20 heavy (non-hydrogen) atoms. The normalized spacial score (nSPS) is 18.6. The number of nitrogens with one attached hydrogen (secondary N) is 3. The highest BCUT2D eigenvalue weighted by Gasteiger charge is 2.15. The average Bonchev–Trinajstić information content (AvgIpc) is 2.93. The monoisotopic (exact) mass is 273 g/mol. The van der Waals surface area contributed by atoms with E-state index in [1.807, 2.05) is 0 Å². The Bertz CT molecular complexity index is 481. The highest BCUT2D eigenvalue weighted by molar-refractivity contribution is 5.74. The number of urea groups is 1. The van der Waals surface area contributed by atoms with E-state index in [0.29, 0.717) is 12.6 Å². The molecule has 0 bridgehead atoms. The lowest BCUT2D eigenvalue weighted by molar-refractivity contribution is 0.232. The summed E-state index contributed by atoms with van der Waals surface area (Å²) in [5, 5.41) is 9.38. The van der Waals surface area contributed by atoms with Gasteiger partial charge in [-0.05, 0) is 29.5 Å². The molecule has 0 atom stereocenters. The van der Waals surface area contributed by atoms with Crippen LogP contribution in [0, 0.1) is 0 Å². The zero-order valence-electron chi connectivity index (χ0n) is 11.9. The third-order valence-corrected chi connectivity index (χ3v) is 4.30. The molecule has 2 aliphatic rings. The van der Waals surface area contributed by atoms with Gasteiger partial charge in [-0.1, -0.05) is 37.5 Å². The maximum Gasteiger partial charge on any atom is 0.315 e. The van der Waals surface area contributed by atoms with Crippen molar-refractivity contribution in [2.45, 2.75) is 57.8 Å². The van der Waals surface area contributed by atoms with E-state index in [-0.39, 0.29) is 6.03 Å². The van der Waals surface area contributed by atoms with Crippen LogP contribution in [0.4, 0.5) is 4.79 Å². The topological polar surface area (TPSA) is 53.2 Å². The number of fused-ring (bicyclic) bond motifs is 1. The van der Waals surface area contributed by atoms with Gasteiger partial charge in [0.2, 0.25) is 0 Å². The standard InChI is InChI=1S/C16H23N3O/c20-16(19-15-4-2-1-3-5-15)18-9-12-6-7-13-10-17-11-14(13)8-12/h6-8,15,17H,1-5,9-11H2,(H2,18,19,20). The van der Waals surface area contributed by atoms with E-state index in [1.165, 1.54) is 36.0 Å². The first kappa shape index (κ1) is 13.4. The minimum absolute atomic E-state index is 0.0319. The Morgan fingerprint density at radius 2 is 1.95 bits per heavy atom. The van der Waals surface area contributed by atoms with E-state index in [4.69, 9.17) is 0 Å². The number of carbonyl (C=O) groups excluding carboxylic acids is 1. The Balaban J connectivity index is 1.47. The van der Waals surface area contributed by atoms with Crippen LogP contribution < -0.4 is 16.0 Å². The fourth-order valence-corrected chi connectivity index (χ4v) is 3.12. The summed E-state index contributed by atoms with van der Waals surface area (Å²) in [6, 6.07) is 6.79. The zero-order valence-corrected chi connectivity index (χ0v) is 11.9. The summed E-state index contributed by atoms with van der Waals surface area (Å²) in [6.07, 6.45) is 6.03. The average molecular weight is 273 g/mol. The molecule has 0 unspecified atom stereocenters. The predicted octanol–water partition coefficient (Wildman–Crippen LogP) is 2.42. The highest BCUT2D eigenvalue weighted by Crippen LogP contribution is 2.18. The fourth-order valence-electron chi connectivity index (χ4n) is 3.12. The highest BCUT2D eigenvalue weighted by atomic mass is 16.2. The number of hydrogen-bond donors (Lipinski definition) is 3. The Labute approximate surface area is 120 Å². The summed E-state index contributed by atoms with van der Waals surface area (Å²) in [5.74, 6) is 0. The quantitative estimate of drug-likeness (QED) is 0.792. The minimum atomic E-state index is -0.0319. The van der Waals surface area contributed by atoms with Crippen LogP contribution in [-0.4, -0.2) is 12.1 Å². The molecule has 4 heteroatoms. The Morgan fingerprint density at radius 3 is 2.80 bits per heavy atom. The van der Waals surface area contributed by atoms with Crippen molar-refractivity contribution in [2.75, 3.05) is 0 Å². The van der Waals surface area contributed by atoms with Crippen LogP contribution in [0.2, 0.25) is 0 Å². The first-order valence-corrected chi connectivity index (χ1v) is 7.67. The largest absolute Gasteiger partial charge is 0.335 e. The summed E-state index contributed by atoms with van der Waals surface area (Å²) >= 11 is 0. The molecule has 1 aliphatic heterocycles. The molecule has 0 radical (unpaired) electrons. The van der Waals surface area contributed by atoms with E-state index in [2.05, 4.69) is 34.1 Å². The number of benzene rings is 1.